The second-order valence-electron chi connectivity index (χ2n) is 4.53. The van der Waals surface area contributed by atoms with E-state index in [1.807, 2.05) is 6.07 Å². The molecule has 1 atom stereocenters. The van der Waals surface area contributed by atoms with Crippen molar-refractivity contribution in [3.63, 3.8) is 0 Å². The maximum Gasteiger partial charge on any atom is 0.172 e. The molecule has 1 fully saturated rings. The highest BCUT2D eigenvalue weighted by Gasteiger charge is 2.20. The normalized spacial score (nSPS) is 19.6. The molecule has 0 bridgehead atoms. The minimum absolute atomic E-state index is 0.200. The lowest BCUT2D eigenvalue weighted by Crippen LogP contribution is -2.24. The molecule has 0 saturated carbocycles. The number of phenols is 1. The van der Waals surface area contributed by atoms with Gasteiger partial charge in [-0.2, -0.15) is 0 Å². The molecular weight excluding hydrogens is 282 g/mol. The minimum Gasteiger partial charge on any atom is -0.503 e. The second-order valence-corrected chi connectivity index (χ2v) is 5.33. The summed E-state index contributed by atoms with van der Waals surface area (Å²) in [6, 6.07) is 2.42. The number of hydrogen-bond acceptors (Lipinski definition) is 3. The van der Waals surface area contributed by atoms with Crippen LogP contribution in [0.15, 0.2) is 10.5 Å². The van der Waals surface area contributed by atoms with Gasteiger partial charge in [0.25, 0.3) is 0 Å². The third kappa shape index (κ3) is 2.58. The third-order valence-corrected chi connectivity index (χ3v) is 4.22. The lowest BCUT2D eigenvalue weighted by Gasteiger charge is -2.16. The van der Waals surface area contributed by atoms with Gasteiger partial charge in [-0.05, 0) is 65.9 Å². The molecule has 2 N–H and O–H groups in total. The van der Waals surface area contributed by atoms with E-state index in [2.05, 4.69) is 28.2 Å². The molecule has 1 aromatic carbocycles. The third-order valence-electron chi connectivity index (χ3n) is 3.36. The average Bonchev–Trinajstić information content (AvgIpc) is 2.82. The lowest BCUT2D eigenvalue weighted by molar-refractivity contribution is 0.370. The first kappa shape index (κ1) is 12.7. The van der Waals surface area contributed by atoms with Crippen molar-refractivity contribution in [3.05, 3.63) is 21.7 Å². The maximum absolute atomic E-state index is 9.98. The smallest absolute Gasteiger partial charge is 0.172 e. The van der Waals surface area contributed by atoms with Crippen molar-refractivity contribution >= 4 is 15.9 Å². The van der Waals surface area contributed by atoms with Gasteiger partial charge in [0.05, 0.1) is 11.6 Å². The van der Waals surface area contributed by atoms with Crippen molar-refractivity contribution < 1.29 is 9.84 Å². The fraction of sp³-hybridized carbons (Fsp3) is 0.538. The Morgan fingerprint density at radius 3 is 2.94 bits per heavy atom. The van der Waals surface area contributed by atoms with Crippen LogP contribution >= 0.6 is 15.9 Å². The summed E-state index contributed by atoms with van der Waals surface area (Å²) >= 11 is 3.47. The van der Waals surface area contributed by atoms with Crippen molar-refractivity contribution in [1.29, 1.82) is 0 Å². The topological polar surface area (TPSA) is 41.5 Å². The Morgan fingerprint density at radius 2 is 2.35 bits per heavy atom. The molecule has 4 heteroatoms. The Labute approximate surface area is 110 Å². The van der Waals surface area contributed by atoms with Crippen LogP contribution in [-0.4, -0.2) is 24.8 Å². The molecule has 94 valence electrons. The van der Waals surface area contributed by atoms with Crippen molar-refractivity contribution in [3.8, 4) is 11.5 Å². The van der Waals surface area contributed by atoms with Gasteiger partial charge in [0.1, 0.15) is 0 Å². The maximum atomic E-state index is 9.98. The Bertz CT molecular complexity index is 414. The van der Waals surface area contributed by atoms with E-state index in [0.717, 1.165) is 23.0 Å². The first-order valence-corrected chi connectivity index (χ1v) is 6.71. The van der Waals surface area contributed by atoms with Crippen LogP contribution in [0.1, 0.15) is 24.0 Å². The number of hydrogen-bond donors (Lipinski definition) is 2. The summed E-state index contributed by atoms with van der Waals surface area (Å²) in [6.45, 7) is 3.15. The number of rotatable bonds is 3. The van der Waals surface area contributed by atoms with Crippen LogP contribution in [0.2, 0.25) is 0 Å². The molecule has 0 aromatic heterocycles. The summed E-state index contributed by atoms with van der Waals surface area (Å²) < 4.78 is 5.90. The largest absolute Gasteiger partial charge is 0.503 e. The molecule has 2 rings (SSSR count). The van der Waals surface area contributed by atoms with Crippen LogP contribution in [0.25, 0.3) is 0 Å². The van der Waals surface area contributed by atoms with Gasteiger partial charge in [-0.3, -0.25) is 0 Å². The van der Waals surface area contributed by atoms with E-state index < -0.39 is 0 Å². The van der Waals surface area contributed by atoms with Crippen molar-refractivity contribution in [2.45, 2.75) is 32.2 Å². The molecule has 0 amide bonds. The monoisotopic (exact) mass is 299 g/mol. The first-order chi connectivity index (χ1) is 8.13. The number of aromatic hydroxyl groups is 1. The second kappa shape index (κ2) is 5.27. The van der Waals surface area contributed by atoms with Gasteiger partial charge in [0.15, 0.2) is 11.5 Å². The molecule has 3 nitrogen and oxygen atoms in total. The van der Waals surface area contributed by atoms with E-state index in [1.54, 1.807) is 7.11 Å². The Hall–Kier alpha value is -0.740. The molecule has 1 unspecified atom stereocenters. The molecule has 0 radical (unpaired) electrons. The fourth-order valence-electron chi connectivity index (χ4n) is 2.36. The highest BCUT2D eigenvalue weighted by molar-refractivity contribution is 9.10. The zero-order valence-electron chi connectivity index (χ0n) is 10.2. The van der Waals surface area contributed by atoms with Gasteiger partial charge in [0.2, 0.25) is 0 Å². The summed E-state index contributed by atoms with van der Waals surface area (Å²) in [4.78, 5) is 0. The molecular formula is C13H18BrNO2. The van der Waals surface area contributed by atoms with Crippen LogP contribution < -0.4 is 10.1 Å². The van der Waals surface area contributed by atoms with Crippen LogP contribution in [0.3, 0.4) is 0 Å². The van der Waals surface area contributed by atoms with E-state index in [9.17, 15) is 5.11 Å². The van der Waals surface area contributed by atoms with Gasteiger partial charge in [-0.15, -0.1) is 0 Å². The molecule has 17 heavy (non-hydrogen) atoms. The molecule has 0 spiro atoms. The Balaban J connectivity index is 2.29. The van der Waals surface area contributed by atoms with Gasteiger partial charge in [0, 0.05) is 6.04 Å². The van der Waals surface area contributed by atoms with E-state index in [1.165, 1.54) is 18.4 Å². The first-order valence-electron chi connectivity index (χ1n) is 5.91. The number of aryl methyl sites for hydroxylation is 1. The van der Waals surface area contributed by atoms with Crippen molar-refractivity contribution in [1.82, 2.24) is 5.32 Å². The summed E-state index contributed by atoms with van der Waals surface area (Å²) in [7, 11) is 1.57. The molecule has 0 aliphatic carbocycles. The minimum atomic E-state index is 0.200. The van der Waals surface area contributed by atoms with Crippen LogP contribution in [0.5, 0.6) is 11.5 Å². The predicted molar refractivity (Wildman–Crippen MR) is 71.8 cm³/mol. The van der Waals surface area contributed by atoms with Gasteiger partial charge < -0.3 is 15.2 Å². The Kier molecular flexibility index (Phi) is 3.94. The summed E-state index contributed by atoms with van der Waals surface area (Å²) in [5.74, 6) is 0.726. The SMILES string of the molecule is COc1cc(C)c(CC2CCCN2)c(Br)c1O. The number of nitrogens with one attached hydrogen (secondary N) is 1. The number of halogens is 1. The number of methoxy groups -OCH3 is 1. The number of benzene rings is 1. The predicted octanol–water partition coefficient (Wildman–Crippen LogP) is 2.77. The van der Waals surface area contributed by atoms with Gasteiger partial charge >= 0.3 is 0 Å². The molecule has 1 aromatic rings. The molecule has 1 saturated heterocycles. The van der Waals surface area contributed by atoms with Gasteiger partial charge in [-0.25, -0.2) is 0 Å². The zero-order chi connectivity index (χ0) is 12.4. The van der Waals surface area contributed by atoms with Crippen LogP contribution in [0.4, 0.5) is 0 Å². The summed E-state index contributed by atoms with van der Waals surface area (Å²) in [6.07, 6.45) is 3.39. The van der Waals surface area contributed by atoms with E-state index >= 15 is 0 Å². The molecule has 1 aliphatic heterocycles. The quantitative estimate of drug-likeness (QED) is 0.902. The van der Waals surface area contributed by atoms with E-state index in [-0.39, 0.29) is 5.75 Å². The summed E-state index contributed by atoms with van der Waals surface area (Å²) in [5, 5.41) is 13.5. The van der Waals surface area contributed by atoms with Crippen LogP contribution in [0, 0.1) is 6.92 Å². The van der Waals surface area contributed by atoms with E-state index in [4.69, 9.17) is 4.74 Å². The van der Waals surface area contributed by atoms with Crippen LogP contribution in [-0.2, 0) is 6.42 Å². The number of phenolic OH excluding ortho intramolecular Hbond substituents is 1. The summed E-state index contributed by atoms with van der Waals surface area (Å²) in [5.41, 5.74) is 2.32. The van der Waals surface area contributed by atoms with Crippen molar-refractivity contribution in [2.24, 2.45) is 0 Å². The van der Waals surface area contributed by atoms with E-state index in [0.29, 0.717) is 11.8 Å². The Morgan fingerprint density at radius 1 is 1.59 bits per heavy atom. The molecule has 1 aliphatic rings. The highest BCUT2D eigenvalue weighted by Crippen LogP contribution is 2.39. The molecule has 1 heterocycles. The average molecular weight is 300 g/mol. The fourth-order valence-corrected chi connectivity index (χ4v) is 3.03. The standard InChI is InChI=1S/C13H18BrNO2/c1-8-6-11(17-2)13(16)12(14)10(8)7-9-4-3-5-15-9/h6,9,15-16H,3-5,7H2,1-2H3. The highest BCUT2D eigenvalue weighted by atomic mass is 79.9. The van der Waals surface area contributed by atoms with Crippen molar-refractivity contribution in [2.75, 3.05) is 13.7 Å². The lowest BCUT2D eigenvalue weighted by atomic mass is 9.99. The van der Waals surface area contributed by atoms with Gasteiger partial charge in [-0.1, -0.05) is 0 Å². The number of ether oxygens (including phenoxy) is 1. The zero-order valence-corrected chi connectivity index (χ0v) is 11.8.